The van der Waals surface area contributed by atoms with Gasteiger partial charge in [-0.05, 0) is 55.0 Å². The molecule has 0 saturated heterocycles. The van der Waals surface area contributed by atoms with Crippen LogP contribution in [-0.2, 0) is 12.8 Å². The normalized spacial score (nSPS) is 14.6. The second kappa shape index (κ2) is 6.67. The Hall–Kier alpha value is -2.93. The summed E-state index contributed by atoms with van der Waals surface area (Å²) < 4.78 is 0. The number of rotatable bonds is 3. The van der Waals surface area contributed by atoms with E-state index in [2.05, 4.69) is 10.9 Å². The number of nitrogens with zero attached hydrogens (tertiary/aromatic N) is 2. The lowest BCUT2D eigenvalue weighted by Crippen LogP contribution is -2.11. The zero-order valence-corrected chi connectivity index (χ0v) is 13.8. The molecule has 3 rings (SSSR count). The van der Waals surface area contributed by atoms with Crippen LogP contribution >= 0.6 is 0 Å². The summed E-state index contributed by atoms with van der Waals surface area (Å²) in [6.07, 6.45) is 14.5. The number of fused-ring (bicyclic) bond motifs is 3. The van der Waals surface area contributed by atoms with Crippen LogP contribution in [0.5, 0.6) is 0 Å². The van der Waals surface area contributed by atoms with Gasteiger partial charge >= 0.3 is 0 Å². The van der Waals surface area contributed by atoms with E-state index in [1.807, 2.05) is 12.1 Å². The van der Waals surface area contributed by atoms with Crippen molar-refractivity contribution in [3.05, 3.63) is 40.6 Å². The van der Waals surface area contributed by atoms with Crippen LogP contribution in [0.4, 0.5) is 5.69 Å². The third-order valence-electron chi connectivity index (χ3n) is 4.47. The molecule has 3 N–H and O–H groups in total. The first-order chi connectivity index (χ1) is 11.7. The van der Waals surface area contributed by atoms with Crippen LogP contribution in [0.15, 0.2) is 23.2 Å². The maximum Gasteiger partial charge on any atom is 0.0766 e. The molecule has 24 heavy (non-hydrogen) atoms. The number of anilines is 1. The van der Waals surface area contributed by atoms with E-state index in [4.69, 9.17) is 22.6 Å². The van der Waals surface area contributed by atoms with Gasteiger partial charge in [-0.25, -0.2) is 4.98 Å². The molecule has 1 heterocycles. The summed E-state index contributed by atoms with van der Waals surface area (Å²) in [5, 5.41) is 8.77. The fraction of sp³-hybridized carbons (Fsp3) is 0.250. The Bertz CT molecular complexity index is 914. The van der Waals surface area contributed by atoms with Gasteiger partial charge in [0.2, 0.25) is 0 Å². The summed E-state index contributed by atoms with van der Waals surface area (Å²) in [7, 11) is 1.73. The number of allylic oxidation sites excluding steroid dienone is 2. The van der Waals surface area contributed by atoms with E-state index < -0.39 is 0 Å². The predicted molar refractivity (Wildman–Crippen MR) is 102 cm³/mol. The van der Waals surface area contributed by atoms with Gasteiger partial charge < -0.3 is 11.1 Å². The first-order valence-electron chi connectivity index (χ1n) is 8.04. The van der Waals surface area contributed by atoms with Crippen LogP contribution in [0, 0.1) is 17.8 Å². The second-order valence-corrected chi connectivity index (χ2v) is 5.89. The van der Waals surface area contributed by atoms with Crippen molar-refractivity contribution in [3.63, 3.8) is 0 Å². The van der Waals surface area contributed by atoms with Crippen molar-refractivity contribution in [2.45, 2.75) is 25.7 Å². The molecule has 4 nitrogen and oxygen atoms in total. The summed E-state index contributed by atoms with van der Waals surface area (Å²) in [5.74, 6) is 2.59. The molecule has 1 aromatic carbocycles. The summed E-state index contributed by atoms with van der Waals surface area (Å²) >= 11 is 0. The molecule has 0 saturated carbocycles. The van der Waals surface area contributed by atoms with E-state index in [0.717, 1.165) is 53.4 Å². The summed E-state index contributed by atoms with van der Waals surface area (Å²) in [6, 6.07) is 3.74. The van der Waals surface area contributed by atoms with Crippen molar-refractivity contribution in [2.24, 2.45) is 4.99 Å². The van der Waals surface area contributed by atoms with E-state index in [0.29, 0.717) is 5.69 Å². The Morgan fingerprint density at radius 3 is 2.75 bits per heavy atom. The number of terminal acetylenes is 1. The van der Waals surface area contributed by atoms with Gasteiger partial charge in [0.25, 0.3) is 0 Å². The fourth-order valence-corrected chi connectivity index (χ4v) is 3.45. The molecule has 0 fully saturated rings. The molecule has 0 aliphatic heterocycles. The Balaban J connectivity index is 2.42. The molecule has 1 aliphatic rings. The molecular weight excluding hydrogens is 296 g/mol. The second-order valence-electron chi connectivity index (χ2n) is 5.89. The number of nitrogen functional groups attached to an aromatic ring is 1. The van der Waals surface area contributed by atoms with Crippen LogP contribution in [0.2, 0.25) is 0 Å². The number of benzene rings is 1. The largest absolute Gasteiger partial charge is 0.398 e. The highest BCUT2D eigenvalue weighted by Gasteiger charge is 2.21. The van der Waals surface area contributed by atoms with Crippen LogP contribution < -0.4 is 5.73 Å². The predicted octanol–water partition coefficient (Wildman–Crippen LogP) is 3.41. The highest BCUT2D eigenvalue weighted by atomic mass is 14.7. The van der Waals surface area contributed by atoms with Gasteiger partial charge in [0.15, 0.2) is 0 Å². The van der Waals surface area contributed by atoms with E-state index in [9.17, 15) is 0 Å². The zero-order chi connectivity index (χ0) is 17.1. The minimum atomic E-state index is 0.620. The Kier molecular flexibility index (Phi) is 4.43. The maximum absolute atomic E-state index is 7.76. The van der Waals surface area contributed by atoms with E-state index in [1.54, 1.807) is 19.3 Å². The molecule has 0 bridgehead atoms. The average Bonchev–Trinajstić information content (AvgIpc) is 2.61. The first kappa shape index (κ1) is 15.9. The molecule has 0 radical (unpaired) electrons. The third kappa shape index (κ3) is 2.59. The number of nitrogens with two attached hydrogens (primary N) is 1. The van der Waals surface area contributed by atoms with Crippen molar-refractivity contribution in [1.82, 2.24) is 4.98 Å². The van der Waals surface area contributed by atoms with Gasteiger partial charge in [-0.1, -0.05) is 5.92 Å². The van der Waals surface area contributed by atoms with Crippen LogP contribution in [-0.4, -0.2) is 24.5 Å². The molecule has 120 valence electrons. The molecule has 4 heteroatoms. The molecule has 2 aromatic rings. The van der Waals surface area contributed by atoms with Gasteiger partial charge in [-0.3, -0.25) is 4.99 Å². The average molecular weight is 316 g/mol. The van der Waals surface area contributed by atoms with Crippen molar-refractivity contribution < 1.29 is 0 Å². The zero-order valence-electron chi connectivity index (χ0n) is 13.8. The molecule has 0 unspecified atom stereocenters. The van der Waals surface area contributed by atoms with Gasteiger partial charge in [-0.2, -0.15) is 0 Å². The van der Waals surface area contributed by atoms with Crippen LogP contribution in [0.3, 0.4) is 0 Å². The smallest absolute Gasteiger partial charge is 0.0766 e. The summed E-state index contributed by atoms with van der Waals surface area (Å²) in [5.41, 5.74) is 12.5. The highest BCUT2D eigenvalue weighted by Crippen LogP contribution is 2.35. The number of hydrogen-bond acceptors (Lipinski definition) is 4. The van der Waals surface area contributed by atoms with Crippen molar-refractivity contribution in [3.8, 4) is 12.3 Å². The number of pyridine rings is 1. The number of hydrogen-bond donors (Lipinski definition) is 2. The standard InChI is InChI=1S/C20H20N4/c1-3-6-13(12-23-2)20-15-8-5-4-7-14(15)19-16(11-21)17(22)9-10-18(19)24-20/h1,6,9-12,21H,4-5,7-8,22H2,2H3/b13-6+,21-11?,23-12-. The van der Waals surface area contributed by atoms with Gasteiger partial charge in [0, 0.05) is 41.7 Å². The quantitative estimate of drug-likeness (QED) is 0.517. The molecule has 1 aromatic heterocycles. The Morgan fingerprint density at radius 1 is 1.33 bits per heavy atom. The van der Waals surface area contributed by atoms with Crippen molar-refractivity contribution in [1.29, 1.82) is 5.41 Å². The fourth-order valence-electron chi connectivity index (χ4n) is 3.45. The third-order valence-corrected chi connectivity index (χ3v) is 4.47. The van der Waals surface area contributed by atoms with Crippen molar-refractivity contribution in [2.75, 3.05) is 12.8 Å². The summed E-state index contributed by atoms with van der Waals surface area (Å²) in [4.78, 5) is 8.98. The Labute approximate surface area is 142 Å². The molecule has 0 spiro atoms. The highest BCUT2D eigenvalue weighted by molar-refractivity contribution is 6.12. The number of aryl methyl sites for hydroxylation is 1. The SMILES string of the molecule is C#C/C=C(\C=N/C)c1nc2ccc(N)c(C=N)c2c2c1CCCC2. The monoisotopic (exact) mass is 316 g/mol. The van der Waals surface area contributed by atoms with Crippen molar-refractivity contribution >= 4 is 34.6 Å². The van der Waals surface area contributed by atoms with E-state index >= 15 is 0 Å². The minimum absolute atomic E-state index is 0.620. The minimum Gasteiger partial charge on any atom is -0.398 e. The lowest BCUT2D eigenvalue weighted by Gasteiger charge is -2.22. The molecule has 1 aliphatic carbocycles. The topological polar surface area (TPSA) is 75.1 Å². The van der Waals surface area contributed by atoms with Gasteiger partial charge in [-0.15, -0.1) is 6.42 Å². The maximum atomic E-state index is 7.76. The molecule has 0 amide bonds. The number of nitrogens with one attached hydrogen (secondary N) is 1. The van der Waals surface area contributed by atoms with Gasteiger partial charge in [0.05, 0.1) is 11.2 Å². The lowest BCUT2D eigenvalue weighted by atomic mass is 9.85. The van der Waals surface area contributed by atoms with E-state index in [-0.39, 0.29) is 0 Å². The Morgan fingerprint density at radius 2 is 2.08 bits per heavy atom. The van der Waals surface area contributed by atoms with Crippen LogP contribution in [0.1, 0.15) is 35.2 Å². The van der Waals surface area contributed by atoms with Gasteiger partial charge in [0.1, 0.15) is 0 Å². The first-order valence-corrected chi connectivity index (χ1v) is 8.04. The van der Waals surface area contributed by atoms with Crippen LogP contribution in [0.25, 0.3) is 16.5 Å². The number of aromatic nitrogens is 1. The molecular formula is C20H20N4. The summed E-state index contributed by atoms with van der Waals surface area (Å²) in [6.45, 7) is 0. The van der Waals surface area contributed by atoms with E-state index in [1.165, 1.54) is 17.3 Å². The number of aliphatic imine (C=N–C) groups is 1. The molecule has 0 atom stereocenters. The lowest BCUT2D eigenvalue weighted by molar-refractivity contribution is 0.686.